The van der Waals surface area contributed by atoms with Crippen molar-refractivity contribution in [1.29, 1.82) is 0 Å². The van der Waals surface area contributed by atoms with Crippen LogP contribution in [0.3, 0.4) is 0 Å². The quantitative estimate of drug-likeness (QED) is 0.900. The number of carbonyl (C=O) groups excluding carboxylic acids is 1. The zero-order valence-corrected chi connectivity index (χ0v) is 12.0. The maximum atomic E-state index is 11.8. The minimum absolute atomic E-state index is 0.231. The molecule has 0 aliphatic carbocycles. The van der Waals surface area contributed by atoms with Gasteiger partial charge in [-0.05, 0) is 19.9 Å². The summed E-state index contributed by atoms with van der Waals surface area (Å²) >= 11 is 0. The first-order valence-electron chi connectivity index (χ1n) is 6.63. The third kappa shape index (κ3) is 3.11. The Morgan fingerprint density at radius 3 is 2.80 bits per heavy atom. The van der Waals surface area contributed by atoms with Crippen molar-refractivity contribution >= 4 is 17.0 Å². The number of rotatable bonds is 4. The largest absolute Gasteiger partial charge is 0.459 e. The lowest BCUT2D eigenvalue weighted by molar-refractivity contribution is 0.143. The number of nitrogens with zero attached hydrogens (tertiary/aromatic N) is 1. The Morgan fingerprint density at radius 1 is 1.45 bits per heavy atom. The molecule has 5 nitrogen and oxygen atoms in total. The fourth-order valence-corrected chi connectivity index (χ4v) is 2.16. The van der Waals surface area contributed by atoms with E-state index in [-0.39, 0.29) is 6.03 Å². The molecular weight excluding hydrogens is 256 g/mol. The van der Waals surface area contributed by atoms with Gasteiger partial charge in [-0.1, -0.05) is 18.2 Å². The minimum atomic E-state index is -0.543. The van der Waals surface area contributed by atoms with Gasteiger partial charge in [-0.2, -0.15) is 0 Å². The van der Waals surface area contributed by atoms with Crippen LogP contribution in [0.5, 0.6) is 0 Å². The van der Waals surface area contributed by atoms with Gasteiger partial charge in [0.05, 0.1) is 12.6 Å². The highest BCUT2D eigenvalue weighted by atomic mass is 16.3. The molecule has 0 aliphatic heterocycles. The molecule has 1 aromatic heterocycles. The minimum Gasteiger partial charge on any atom is -0.459 e. The Kier molecular flexibility index (Phi) is 4.29. The number of fused-ring (bicyclic) bond motifs is 1. The third-order valence-corrected chi connectivity index (χ3v) is 3.23. The number of aryl methyl sites for hydroxylation is 1. The Hall–Kier alpha value is -2.01. The Bertz CT molecular complexity index is 604. The fourth-order valence-electron chi connectivity index (χ4n) is 2.16. The molecule has 0 radical (unpaired) electrons. The van der Waals surface area contributed by atoms with E-state index in [0.717, 1.165) is 22.3 Å². The van der Waals surface area contributed by atoms with Gasteiger partial charge in [0.15, 0.2) is 0 Å². The molecule has 1 atom stereocenters. The highest BCUT2D eigenvalue weighted by Gasteiger charge is 2.13. The molecule has 2 aromatic rings. The predicted octanol–water partition coefficient (Wildman–Crippen LogP) is 2.26. The highest BCUT2D eigenvalue weighted by molar-refractivity contribution is 5.82. The van der Waals surface area contributed by atoms with Crippen molar-refractivity contribution < 1.29 is 14.3 Å². The van der Waals surface area contributed by atoms with Crippen LogP contribution in [0.25, 0.3) is 11.0 Å². The number of hydrogen-bond donors (Lipinski definition) is 2. The van der Waals surface area contributed by atoms with Crippen molar-refractivity contribution in [2.45, 2.75) is 26.5 Å². The van der Waals surface area contributed by atoms with E-state index in [9.17, 15) is 9.90 Å². The molecule has 2 amide bonds. The predicted molar refractivity (Wildman–Crippen MR) is 77.5 cm³/mol. The van der Waals surface area contributed by atoms with Gasteiger partial charge < -0.3 is 19.7 Å². The van der Waals surface area contributed by atoms with E-state index < -0.39 is 6.10 Å². The Labute approximate surface area is 118 Å². The molecule has 0 fully saturated rings. The molecule has 2 rings (SSSR count). The van der Waals surface area contributed by atoms with Crippen LogP contribution in [0.15, 0.2) is 28.7 Å². The van der Waals surface area contributed by atoms with Gasteiger partial charge >= 0.3 is 6.03 Å². The summed E-state index contributed by atoms with van der Waals surface area (Å²) in [6.45, 7) is 4.26. The molecular formula is C15H20N2O3. The van der Waals surface area contributed by atoms with Crippen LogP contribution < -0.4 is 5.32 Å². The van der Waals surface area contributed by atoms with Crippen molar-refractivity contribution in [3.8, 4) is 0 Å². The number of aliphatic hydroxyl groups is 1. The average molecular weight is 276 g/mol. The fraction of sp³-hybridized carbons (Fsp3) is 0.400. The van der Waals surface area contributed by atoms with Crippen molar-refractivity contribution in [2.24, 2.45) is 0 Å². The number of urea groups is 1. The van der Waals surface area contributed by atoms with E-state index in [1.165, 1.54) is 4.90 Å². The summed E-state index contributed by atoms with van der Waals surface area (Å²) in [7, 11) is 1.65. The smallest absolute Gasteiger partial charge is 0.317 e. The van der Waals surface area contributed by atoms with Crippen LogP contribution in [0, 0.1) is 6.92 Å². The first-order chi connectivity index (χ1) is 9.49. The van der Waals surface area contributed by atoms with Crippen LogP contribution in [-0.4, -0.2) is 35.7 Å². The second kappa shape index (κ2) is 5.96. The normalized spacial score (nSPS) is 12.4. The summed E-state index contributed by atoms with van der Waals surface area (Å²) < 4.78 is 5.73. The van der Waals surface area contributed by atoms with E-state index in [1.807, 2.05) is 31.2 Å². The van der Waals surface area contributed by atoms with E-state index in [4.69, 9.17) is 4.42 Å². The second-order valence-electron chi connectivity index (χ2n) is 5.03. The lowest BCUT2D eigenvalue weighted by Gasteiger charge is -2.19. The maximum absolute atomic E-state index is 11.8. The monoisotopic (exact) mass is 276 g/mol. The molecule has 0 bridgehead atoms. The van der Waals surface area contributed by atoms with E-state index in [2.05, 4.69) is 5.32 Å². The van der Waals surface area contributed by atoms with E-state index in [1.54, 1.807) is 14.0 Å². The molecule has 2 N–H and O–H groups in total. The second-order valence-corrected chi connectivity index (χ2v) is 5.03. The van der Waals surface area contributed by atoms with Gasteiger partial charge in [0.25, 0.3) is 0 Å². The van der Waals surface area contributed by atoms with Crippen LogP contribution in [0.2, 0.25) is 0 Å². The maximum Gasteiger partial charge on any atom is 0.317 e. The van der Waals surface area contributed by atoms with Crippen LogP contribution in [-0.2, 0) is 6.54 Å². The van der Waals surface area contributed by atoms with Gasteiger partial charge in [-0.15, -0.1) is 0 Å². The topological polar surface area (TPSA) is 65.7 Å². The van der Waals surface area contributed by atoms with Crippen molar-refractivity contribution in [3.63, 3.8) is 0 Å². The first kappa shape index (κ1) is 14.4. The molecule has 1 heterocycles. The van der Waals surface area contributed by atoms with Gasteiger partial charge in [0, 0.05) is 24.5 Å². The SMILES string of the molecule is Cc1c(CNC(=O)N(C)CC(C)O)oc2ccccc12. The van der Waals surface area contributed by atoms with Crippen LogP contribution in [0.1, 0.15) is 18.2 Å². The summed E-state index contributed by atoms with van der Waals surface area (Å²) in [5, 5.41) is 13.1. The highest BCUT2D eigenvalue weighted by Crippen LogP contribution is 2.24. The van der Waals surface area contributed by atoms with Gasteiger partial charge in [-0.25, -0.2) is 4.79 Å². The van der Waals surface area contributed by atoms with Crippen molar-refractivity contribution in [3.05, 3.63) is 35.6 Å². The number of aliphatic hydroxyl groups excluding tert-OH is 1. The Morgan fingerprint density at radius 2 is 2.15 bits per heavy atom. The molecule has 1 aromatic carbocycles. The summed E-state index contributed by atoms with van der Waals surface area (Å²) in [5.41, 5.74) is 1.87. The van der Waals surface area contributed by atoms with E-state index >= 15 is 0 Å². The molecule has 0 saturated carbocycles. The number of benzene rings is 1. The first-order valence-corrected chi connectivity index (χ1v) is 6.63. The van der Waals surface area contributed by atoms with Crippen LogP contribution >= 0.6 is 0 Å². The number of amides is 2. The summed E-state index contributed by atoms with van der Waals surface area (Å²) in [4.78, 5) is 13.3. The number of furan rings is 1. The van der Waals surface area contributed by atoms with Crippen molar-refractivity contribution in [1.82, 2.24) is 10.2 Å². The molecule has 108 valence electrons. The Balaban J connectivity index is 2.02. The summed E-state index contributed by atoms with van der Waals surface area (Å²) in [5.74, 6) is 0.755. The number of carbonyl (C=O) groups is 1. The molecule has 20 heavy (non-hydrogen) atoms. The average Bonchev–Trinajstić information content (AvgIpc) is 2.72. The van der Waals surface area contributed by atoms with E-state index in [0.29, 0.717) is 13.1 Å². The molecule has 1 unspecified atom stereocenters. The zero-order chi connectivity index (χ0) is 14.7. The molecule has 0 saturated heterocycles. The summed E-state index contributed by atoms with van der Waals surface area (Å²) in [6.07, 6.45) is -0.543. The summed E-state index contributed by atoms with van der Waals surface area (Å²) in [6, 6.07) is 7.56. The van der Waals surface area contributed by atoms with Gasteiger partial charge in [0.2, 0.25) is 0 Å². The molecule has 0 aliphatic rings. The van der Waals surface area contributed by atoms with Gasteiger partial charge in [0.1, 0.15) is 11.3 Å². The lowest BCUT2D eigenvalue weighted by Crippen LogP contribution is -2.40. The number of para-hydroxylation sites is 1. The van der Waals surface area contributed by atoms with Gasteiger partial charge in [-0.3, -0.25) is 0 Å². The molecule has 5 heteroatoms. The van der Waals surface area contributed by atoms with Crippen LogP contribution in [0.4, 0.5) is 4.79 Å². The zero-order valence-electron chi connectivity index (χ0n) is 12.0. The molecule has 0 spiro atoms. The number of nitrogens with one attached hydrogen (secondary N) is 1. The lowest BCUT2D eigenvalue weighted by atomic mass is 10.1. The van der Waals surface area contributed by atoms with Crippen molar-refractivity contribution in [2.75, 3.05) is 13.6 Å². The third-order valence-electron chi connectivity index (χ3n) is 3.23. The standard InChI is InChI=1S/C15H20N2O3/c1-10(18)9-17(3)15(19)16-8-14-11(2)12-6-4-5-7-13(12)20-14/h4-7,10,18H,8-9H2,1-3H3,(H,16,19). The number of likely N-dealkylation sites (N-methyl/N-ethyl adjacent to an activating group) is 1. The number of hydrogen-bond acceptors (Lipinski definition) is 3.